The second kappa shape index (κ2) is 9.47. The van der Waals surface area contributed by atoms with E-state index in [1.54, 1.807) is 11.2 Å². The number of furan rings is 1. The maximum absolute atomic E-state index is 12.8. The number of aryl methyl sites for hydroxylation is 1. The molecule has 160 valence electrons. The number of rotatable bonds is 8. The third kappa shape index (κ3) is 4.59. The Hall–Kier alpha value is -2.60. The van der Waals surface area contributed by atoms with Gasteiger partial charge in [-0.05, 0) is 56.3 Å². The number of carbonyl (C=O) groups is 2. The van der Waals surface area contributed by atoms with Crippen molar-refractivity contribution in [2.75, 3.05) is 26.2 Å². The Balaban J connectivity index is 1.27. The van der Waals surface area contributed by atoms with Crippen LogP contribution in [0, 0.1) is 0 Å². The molecule has 2 saturated heterocycles. The summed E-state index contributed by atoms with van der Waals surface area (Å²) in [6.07, 6.45) is 7.67. The zero-order chi connectivity index (χ0) is 20.8. The van der Waals surface area contributed by atoms with Gasteiger partial charge >= 0.3 is 0 Å². The fourth-order valence-corrected chi connectivity index (χ4v) is 4.70. The quantitative estimate of drug-likeness (QED) is 0.681. The molecule has 1 aromatic carbocycles. The van der Waals surface area contributed by atoms with E-state index in [1.807, 2.05) is 12.1 Å². The Bertz CT molecular complexity index is 827. The molecule has 0 unspecified atom stereocenters. The number of carbonyl (C=O) groups excluding carboxylic acids is 2. The molecule has 2 aliphatic rings. The predicted molar refractivity (Wildman–Crippen MR) is 115 cm³/mol. The number of hydrogen-bond donors (Lipinski definition) is 1. The Morgan fingerprint density at radius 2 is 1.77 bits per heavy atom. The molecule has 1 aromatic heterocycles. The van der Waals surface area contributed by atoms with Crippen molar-refractivity contribution < 1.29 is 14.0 Å². The van der Waals surface area contributed by atoms with Crippen molar-refractivity contribution in [2.45, 2.75) is 50.6 Å². The number of nitrogens with one attached hydrogen (secondary N) is 1. The number of unbranched alkanes of at least 4 members (excludes halogenated alkanes) is 2. The maximum atomic E-state index is 12.8. The number of nitrogens with zero attached hydrogens (tertiary/aromatic N) is 2. The minimum atomic E-state index is -0.744. The van der Waals surface area contributed by atoms with E-state index in [4.69, 9.17) is 4.42 Å². The van der Waals surface area contributed by atoms with Gasteiger partial charge in [0.2, 0.25) is 11.8 Å². The Kier molecular flexibility index (Phi) is 6.53. The number of amides is 2. The van der Waals surface area contributed by atoms with Crippen LogP contribution in [-0.2, 0) is 22.6 Å². The topological polar surface area (TPSA) is 65.8 Å². The summed E-state index contributed by atoms with van der Waals surface area (Å²) in [5.74, 6) is 0.676. The molecule has 3 heterocycles. The standard InChI is InChI=1S/C24H31N3O3/c28-22-18-25-23(29)24(27(22)19-21-11-7-17-30-21)12-15-26(16-13-24)14-6-2-5-10-20-8-3-1-4-9-20/h1,3-4,7-9,11,17H,2,5-6,10,12-16,18-19H2,(H,25,29). The first-order valence-electron chi connectivity index (χ1n) is 11.0. The Morgan fingerprint density at radius 3 is 2.50 bits per heavy atom. The summed E-state index contributed by atoms with van der Waals surface area (Å²) in [6.45, 7) is 3.17. The smallest absolute Gasteiger partial charge is 0.246 e. The van der Waals surface area contributed by atoms with Gasteiger partial charge in [-0.1, -0.05) is 36.8 Å². The van der Waals surface area contributed by atoms with Crippen molar-refractivity contribution in [3.8, 4) is 0 Å². The molecule has 1 N–H and O–H groups in total. The summed E-state index contributed by atoms with van der Waals surface area (Å²) in [7, 11) is 0. The summed E-state index contributed by atoms with van der Waals surface area (Å²) >= 11 is 0. The van der Waals surface area contributed by atoms with Gasteiger partial charge in [0.05, 0.1) is 19.4 Å². The van der Waals surface area contributed by atoms with E-state index in [9.17, 15) is 9.59 Å². The molecule has 0 atom stereocenters. The van der Waals surface area contributed by atoms with Crippen molar-refractivity contribution in [3.05, 3.63) is 60.1 Å². The zero-order valence-corrected chi connectivity index (χ0v) is 17.5. The number of piperazine rings is 1. The molecule has 1 spiro atoms. The van der Waals surface area contributed by atoms with E-state index in [1.165, 1.54) is 24.8 Å². The van der Waals surface area contributed by atoms with Gasteiger partial charge in [0, 0.05) is 13.1 Å². The van der Waals surface area contributed by atoms with Gasteiger partial charge in [-0.25, -0.2) is 0 Å². The van der Waals surface area contributed by atoms with Crippen LogP contribution in [0.15, 0.2) is 53.1 Å². The molecule has 6 heteroatoms. The van der Waals surface area contributed by atoms with Crippen molar-refractivity contribution in [1.82, 2.24) is 15.1 Å². The van der Waals surface area contributed by atoms with Crippen LogP contribution in [-0.4, -0.2) is 53.3 Å². The second-order valence-corrected chi connectivity index (χ2v) is 8.41. The first-order valence-corrected chi connectivity index (χ1v) is 11.0. The molecule has 2 aromatic rings. The molecule has 6 nitrogen and oxygen atoms in total. The van der Waals surface area contributed by atoms with Gasteiger partial charge in [-0.3, -0.25) is 9.59 Å². The van der Waals surface area contributed by atoms with E-state index < -0.39 is 5.54 Å². The van der Waals surface area contributed by atoms with Crippen LogP contribution in [0.5, 0.6) is 0 Å². The molecule has 2 fully saturated rings. The zero-order valence-electron chi connectivity index (χ0n) is 17.5. The molecule has 0 bridgehead atoms. The minimum absolute atomic E-state index is 0.0174. The molecular weight excluding hydrogens is 378 g/mol. The van der Waals surface area contributed by atoms with Crippen LogP contribution >= 0.6 is 0 Å². The largest absolute Gasteiger partial charge is 0.467 e. The second-order valence-electron chi connectivity index (χ2n) is 8.41. The van der Waals surface area contributed by atoms with E-state index in [0.29, 0.717) is 19.4 Å². The highest BCUT2D eigenvalue weighted by atomic mass is 16.3. The third-order valence-electron chi connectivity index (χ3n) is 6.50. The maximum Gasteiger partial charge on any atom is 0.246 e. The first-order chi connectivity index (χ1) is 14.7. The predicted octanol–water partition coefficient (Wildman–Crippen LogP) is 2.99. The van der Waals surface area contributed by atoms with Gasteiger partial charge in [0.25, 0.3) is 0 Å². The lowest BCUT2D eigenvalue weighted by Crippen LogP contribution is -2.69. The highest BCUT2D eigenvalue weighted by molar-refractivity contribution is 5.98. The van der Waals surface area contributed by atoms with E-state index in [-0.39, 0.29) is 18.4 Å². The summed E-state index contributed by atoms with van der Waals surface area (Å²) in [5.41, 5.74) is 0.661. The minimum Gasteiger partial charge on any atom is -0.467 e. The third-order valence-corrected chi connectivity index (χ3v) is 6.50. The van der Waals surface area contributed by atoms with Crippen LogP contribution in [0.2, 0.25) is 0 Å². The van der Waals surface area contributed by atoms with Gasteiger partial charge in [-0.2, -0.15) is 0 Å². The summed E-state index contributed by atoms with van der Waals surface area (Å²) in [5, 5.41) is 2.81. The molecule has 2 aliphatic heterocycles. The van der Waals surface area contributed by atoms with Gasteiger partial charge in [0.15, 0.2) is 0 Å². The van der Waals surface area contributed by atoms with Crippen LogP contribution in [0.1, 0.15) is 43.4 Å². The van der Waals surface area contributed by atoms with Crippen LogP contribution in [0.3, 0.4) is 0 Å². The van der Waals surface area contributed by atoms with Crippen molar-refractivity contribution in [2.24, 2.45) is 0 Å². The number of likely N-dealkylation sites (tertiary alicyclic amines) is 1. The number of piperidine rings is 1. The van der Waals surface area contributed by atoms with Gasteiger partial charge in [0.1, 0.15) is 11.3 Å². The van der Waals surface area contributed by atoms with E-state index in [2.05, 4.69) is 40.5 Å². The lowest BCUT2D eigenvalue weighted by atomic mass is 9.82. The van der Waals surface area contributed by atoms with Gasteiger partial charge in [-0.15, -0.1) is 0 Å². The van der Waals surface area contributed by atoms with Gasteiger partial charge < -0.3 is 19.5 Å². The summed E-state index contributed by atoms with van der Waals surface area (Å²) in [6, 6.07) is 14.3. The van der Waals surface area contributed by atoms with Crippen LogP contribution in [0.4, 0.5) is 0 Å². The van der Waals surface area contributed by atoms with Crippen LogP contribution in [0.25, 0.3) is 0 Å². The molecule has 4 rings (SSSR count). The van der Waals surface area contributed by atoms with Crippen molar-refractivity contribution >= 4 is 11.8 Å². The average molecular weight is 410 g/mol. The van der Waals surface area contributed by atoms with Crippen molar-refractivity contribution in [1.29, 1.82) is 0 Å². The lowest BCUT2D eigenvalue weighted by molar-refractivity contribution is -0.158. The lowest BCUT2D eigenvalue weighted by Gasteiger charge is -2.49. The summed E-state index contributed by atoms with van der Waals surface area (Å²) < 4.78 is 5.45. The molecule has 0 saturated carbocycles. The average Bonchev–Trinajstić information content (AvgIpc) is 3.29. The fraction of sp³-hybridized carbons (Fsp3) is 0.500. The monoisotopic (exact) mass is 409 g/mol. The highest BCUT2D eigenvalue weighted by Crippen LogP contribution is 2.33. The molecule has 30 heavy (non-hydrogen) atoms. The molecule has 2 amide bonds. The normalized spacial score (nSPS) is 19.3. The highest BCUT2D eigenvalue weighted by Gasteiger charge is 2.50. The van der Waals surface area contributed by atoms with Crippen LogP contribution < -0.4 is 5.32 Å². The molecule has 0 radical (unpaired) electrons. The summed E-state index contributed by atoms with van der Waals surface area (Å²) in [4.78, 5) is 29.7. The Labute approximate surface area is 178 Å². The Morgan fingerprint density at radius 1 is 0.967 bits per heavy atom. The van der Waals surface area contributed by atoms with E-state index >= 15 is 0 Å². The SMILES string of the molecule is O=C1CNC(=O)C2(CCN(CCCCCc3ccccc3)CC2)N1Cc1ccco1. The molecule has 0 aliphatic carbocycles. The fourth-order valence-electron chi connectivity index (χ4n) is 4.70. The first kappa shape index (κ1) is 20.7. The van der Waals surface area contributed by atoms with E-state index in [0.717, 1.165) is 31.8 Å². The number of benzene rings is 1. The molecular formula is C24H31N3O3. The van der Waals surface area contributed by atoms with Crippen molar-refractivity contribution in [3.63, 3.8) is 0 Å². The number of hydrogen-bond acceptors (Lipinski definition) is 4.